The molecule has 0 aromatic heterocycles. The Kier molecular flexibility index (Phi) is 8.88. The molecule has 3 amide bonds. The molecule has 0 saturated carbocycles. The van der Waals surface area contributed by atoms with E-state index in [4.69, 9.17) is 11.6 Å². The molecule has 0 bridgehead atoms. The molecule has 9 heteroatoms. The molecular formula is C20H30ClN5O3. The molecule has 1 aliphatic heterocycles. The van der Waals surface area contributed by atoms with Crippen LogP contribution < -0.4 is 10.6 Å². The molecule has 1 aliphatic rings. The van der Waals surface area contributed by atoms with Crippen molar-refractivity contribution in [2.24, 2.45) is 0 Å². The van der Waals surface area contributed by atoms with Crippen LogP contribution >= 0.6 is 11.6 Å². The minimum atomic E-state index is -0.227. The molecule has 1 heterocycles. The smallest absolute Gasteiger partial charge is 0.238 e. The van der Waals surface area contributed by atoms with Gasteiger partial charge in [-0.1, -0.05) is 23.7 Å². The van der Waals surface area contributed by atoms with Crippen LogP contribution in [0, 0.1) is 0 Å². The lowest BCUT2D eigenvalue weighted by Gasteiger charge is -2.35. The summed E-state index contributed by atoms with van der Waals surface area (Å²) in [6.45, 7) is 6.93. The van der Waals surface area contributed by atoms with Crippen LogP contribution in [0.3, 0.4) is 0 Å². The monoisotopic (exact) mass is 423 g/mol. The van der Waals surface area contributed by atoms with Crippen LogP contribution in [0.15, 0.2) is 24.3 Å². The van der Waals surface area contributed by atoms with E-state index in [2.05, 4.69) is 10.6 Å². The first-order valence-electron chi connectivity index (χ1n) is 9.77. The molecule has 160 valence electrons. The summed E-state index contributed by atoms with van der Waals surface area (Å²) in [4.78, 5) is 42.0. The summed E-state index contributed by atoms with van der Waals surface area (Å²) in [6, 6.07) is 7.14. The molecule has 2 rings (SSSR count). The second kappa shape index (κ2) is 11.1. The van der Waals surface area contributed by atoms with Crippen molar-refractivity contribution in [2.75, 3.05) is 58.2 Å². The van der Waals surface area contributed by atoms with Gasteiger partial charge in [-0.25, -0.2) is 0 Å². The van der Waals surface area contributed by atoms with Crippen molar-refractivity contribution in [1.29, 1.82) is 0 Å². The highest BCUT2D eigenvalue weighted by Crippen LogP contribution is 2.20. The van der Waals surface area contributed by atoms with Crippen LogP contribution in [-0.4, -0.2) is 91.3 Å². The maximum atomic E-state index is 12.5. The zero-order chi connectivity index (χ0) is 21.4. The number of likely N-dealkylation sites (N-methyl/N-ethyl adjacent to an activating group) is 1. The molecule has 0 aliphatic carbocycles. The Labute approximate surface area is 177 Å². The van der Waals surface area contributed by atoms with Gasteiger partial charge in [-0.3, -0.25) is 24.2 Å². The first-order valence-corrected chi connectivity index (χ1v) is 10.1. The summed E-state index contributed by atoms with van der Waals surface area (Å²) in [5.41, 5.74) is 0.552. The number of piperazine rings is 1. The Bertz CT molecular complexity index is 720. The highest BCUT2D eigenvalue weighted by atomic mass is 35.5. The summed E-state index contributed by atoms with van der Waals surface area (Å²) >= 11 is 6.04. The van der Waals surface area contributed by atoms with Crippen molar-refractivity contribution in [2.45, 2.75) is 19.9 Å². The highest BCUT2D eigenvalue weighted by Gasteiger charge is 2.23. The maximum absolute atomic E-state index is 12.5. The summed E-state index contributed by atoms with van der Waals surface area (Å²) in [6.07, 6.45) is 0. The molecule has 1 saturated heterocycles. The molecule has 0 atom stereocenters. The Morgan fingerprint density at radius 1 is 1.07 bits per heavy atom. The average Bonchev–Trinajstić information content (AvgIpc) is 2.63. The van der Waals surface area contributed by atoms with Gasteiger partial charge < -0.3 is 15.5 Å². The molecule has 1 aromatic rings. The minimum Gasteiger partial charge on any atom is -0.353 e. The van der Waals surface area contributed by atoms with E-state index in [0.29, 0.717) is 43.4 Å². The third-order valence-electron chi connectivity index (χ3n) is 4.51. The van der Waals surface area contributed by atoms with E-state index in [-0.39, 0.29) is 36.9 Å². The molecule has 2 N–H and O–H groups in total. The van der Waals surface area contributed by atoms with Gasteiger partial charge in [-0.2, -0.15) is 0 Å². The minimum absolute atomic E-state index is 0.00374. The van der Waals surface area contributed by atoms with Gasteiger partial charge in [-0.15, -0.1) is 0 Å². The number of benzene rings is 1. The van der Waals surface area contributed by atoms with Crippen molar-refractivity contribution >= 4 is 35.0 Å². The van der Waals surface area contributed by atoms with E-state index in [1.165, 1.54) is 0 Å². The van der Waals surface area contributed by atoms with Crippen molar-refractivity contribution in [3.05, 3.63) is 29.3 Å². The molecule has 29 heavy (non-hydrogen) atoms. The number of anilines is 1. The Balaban J connectivity index is 1.71. The van der Waals surface area contributed by atoms with Crippen LogP contribution in [0.4, 0.5) is 5.69 Å². The number of hydrogen-bond donors (Lipinski definition) is 2. The summed E-state index contributed by atoms with van der Waals surface area (Å²) in [5.74, 6) is -0.247. The molecule has 8 nitrogen and oxygen atoms in total. The van der Waals surface area contributed by atoms with Crippen LogP contribution in [0.2, 0.25) is 5.02 Å². The predicted molar refractivity (Wildman–Crippen MR) is 114 cm³/mol. The Morgan fingerprint density at radius 3 is 2.34 bits per heavy atom. The standard InChI is InChI=1S/C20H30ClN5O3/c1-15(2)22-19(28)13-25-8-10-26(11-9-25)20(29)14-24(3)12-18(27)23-17-7-5-4-6-16(17)21/h4-7,15H,8-14H2,1-3H3,(H,22,28)(H,23,27). The molecular weight excluding hydrogens is 394 g/mol. The quantitative estimate of drug-likeness (QED) is 0.648. The molecule has 0 unspecified atom stereocenters. The lowest BCUT2D eigenvalue weighted by molar-refractivity contribution is -0.134. The Morgan fingerprint density at radius 2 is 1.72 bits per heavy atom. The van der Waals surface area contributed by atoms with E-state index in [1.54, 1.807) is 41.1 Å². The number of hydrogen-bond acceptors (Lipinski definition) is 5. The average molecular weight is 424 g/mol. The zero-order valence-corrected chi connectivity index (χ0v) is 18.0. The number of amides is 3. The largest absolute Gasteiger partial charge is 0.353 e. The number of carbonyl (C=O) groups is 3. The van der Waals surface area contributed by atoms with Gasteiger partial charge in [0.15, 0.2) is 0 Å². The van der Waals surface area contributed by atoms with Crippen molar-refractivity contribution < 1.29 is 14.4 Å². The predicted octanol–water partition coefficient (Wildman–Crippen LogP) is 0.879. The van der Waals surface area contributed by atoms with Crippen LogP contribution in [0.25, 0.3) is 0 Å². The SMILES string of the molecule is CC(C)NC(=O)CN1CCN(C(=O)CN(C)CC(=O)Nc2ccccc2Cl)CC1. The van der Waals surface area contributed by atoms with Gasteiger partial charge in [0.25, 0.3) is 0 Å². The van der Waals surface area contributed by atoms with Crippen molar-refractivity contribution in [1.82, 2.24) is 20.0 Å². The topological polar surface area (TPSA) is 85.0 Å². The molecule has 0 radical (unpaired) electrons. The van der Waals surface area contributed by atoms with E-state index in [1.807, 2.05) is 18.7 Å². The van der Waals surface area contributed by atoms with E-state index in [9.17, 15) is 14.4 Å². The number of halogens is 1. The number of para-hydroxylation sites is 1. The van der Waals surface area contributed by atoms with Gasteiger partial charge in [0.2, 0.25) is 17.7 Å². The van der Waals surface area contributed by atoms with E-state index >= 15 is 0 Å². The fourth-order valence-corrected chi connectivity index (χ4v) is 3.29. The lowest BCUT2D eigenvalue weighted by atomic mass is 10.3. The van der Waals surface area contributed by atoms with Crippen LogP contribution in [0.5, 0.6) is 0 Å². The van der Waals surface area contributed by atoms with Crippen molar-refractivity contribution in [3.8, 4) is 0 Å². The van der Waals surface area contributed by atoms with Gasteiger partial charge in [0, 0.05) is 32.2 Å². The normalized spacial score (nSPS) is 14.9. The second-order valence-electron chi connectivity index (χ2n) is 7.58. The summed E-state index contributed by atoms with van der Waals surface area (Å²) < 4.78 is 0. The van der Waals surface area contributed by atoms with Crippen LogP contribution in [0.1, 0.15) is 13.8 Å². The van der Waals surface area contributed by atoms with E-state index < -0.39 is 0 Å². The van der Waals surface area contributed by atoms with Gasteiger partial charge >= 0.3 is 0 Å². The summed E-state index contributed by atoms with van der Waals surface area (Å²) in [5, 5.41) is 6.10. The highest BCUT2D eigenvalue weighted by molar-refractivity contribution is 6.33. The Hall–Kier alpha value is -2.16. The third-order valence-corrected chi connectivity index (χ3v) is 4.84. The fraction of sp³-hybridized carbons (Fsp3) is 0.550. The zero-order valence-electron chi connectivity index (χ0n) is 17.3. The van der Waals surface area contributed by atoms with E-state index in [0.717, 1.165) is 0 Å². The first kappa shape index (κ1) is 23.1. The number of nitrogens with zero attached hydrogens (tertiary/aromatic N) is 3. The number of nitrogens with one attached hydrogen (secondary N) is 2. The lowest BCUT2D eigenvalue weighted by Crippen LogP contribution is -2.53. The molecule has 1 aromatic carbocycles. The van der Waals surface area contributed by atoms with Crippen LogP contribution in [-0.2, 0) is 14.4 Å². The maximum Gasteiger partial charge on any atom is 0.238 e. The third kappa shape index (κ3) is 8.00. The van der Waals surface area contributed by atoms with Crippen molar-refractivity contribution in [3.63, 3.8) is 0 Å². The summed E-state index contributed by atoms with van der Waals surface area (Å²) in [7, 11) is 1.73. The number of rotatable bonds is 8. The second-order valence-corrected chi connectivity index (χ2v) is 7.99. The van der Waals surface area contributed by atoms with Gasteiger partial charge in [0.1, 0.15) is 0 Å². The molecule has 0 spiro atoms. The number of carbonyl (C=O) groups excluding carboxylic acids is 3. The van der Waals surface area contributed by atoms with Gasteiger partial charge in [-0.05, 0) is 33.0 Å². The molecule has 1 fully saturated rings. The first-order chi connectivity index (χ1) is 13.7. The fourth-order valence-electron chi connectivity index (χ4n) is 3.11. The van der Waals surface area contributed by atoms with Gasteiger partial charge in [0.05, 0.1) is 30.3 Å².